The normalized spacial score (nSPS) is 10.3. The van der Waals surface area contributed by atoms with Crippen LogP contribution in [0.15, 0.2) is 65.3 Å². The number of amides is 2. The van der Waals surface area contributed by atoms with Crippen LogP contribution in [0.5, 0.6) is 5.75 Å². The van der Waals surface area contributed by atoms with E-state index in [9.17, 15) is 9.59 Å². The first kappa shape index (κ1) is 18.5. The van der Waals surface area contributed by atoms with Gasteiger partial charge in [0.2, 0.25) is 5.91 Å². The van der Waals surface area contributed by atoms with Crippen molar-refractivity contribution < 1.29 is 18.7 Å². The molecule has 3 rings (SSSR count). The fraction of sp³-hybridized carbons (Fsp3) is 0.100. The summed E-state index contributed by atoms with van der Waals surface area (Å²) in [6, 6.07) is 15.2. The van der Waals surface area contributed by atoms with Crippen LogP contribution < -0.4 is 15.4 Å². The van der Waals surface area contributed by atoms with Crippen molar-refractivity contribution in [2.24, 2.45) is 0 Å². The number of rotatable bonds is 6. The number of halogens is 1. The van der Waals surface area contributed by atoms with Gasteiger partial charge in [-0.25, -0.2) is 0 Å². The van der Waals surface area contributed by atoms with Crippen LogP contribution in [-0.4, -0.2) is 18.9 Å². The van der Waals surface area contributed by atoms with Crippen LogP contribution in [0.4, 0.5) is 11.4 Å². The number of hydrogen-bond donors (Lipinski definition) is 2. The predicted octanol–water partition coefficient (Wildman–Crippen LogP) is 4.38. The van der Waals surface area contributed by atoms with Crippen molar-refractivity contribution >= 4 is 34.8 Å². The van der Waals surface area contributed by atoms with E-state index in [-0.39, 0.29) is 24.0 Å². The molecule has 1 aromatic heterocycles. The number of methoxy groups -OCH3 is 1. The molecule has 0 unspecified atom stereocenters. The Morgan fingerprint density at radius 1 is 1.07 bits per heavy atom. The van der Waals surface area contributed by atoms with Gasteiger partial charge in [-0.3, -0.25) is 9.59 Å². The molecule has 0 atom stereocenters. The minimum absolute atomic E-state index is 0.184. The molecule has 0 fully saturated rings. The van der Waals surface area contributed by atoms with Gasteiger partial charge >= 0.3 is 0 Å². The molecule has 0 aliphatic rings. The number of nitrogens with one attached hydrogen (secondary N) is 2. The Kier molecular flexibility index (Phi) is 5.78. The lowest BCUT2D eigenvalue weighted by Crippen LogP contribution is -2.16. The van der Waals surface area contributed by atoms with Crippen LogP contribution in [-0.2, 0) is 11.2 Å². The molecule has 0 bridgehead atoms. The van der Waals surface area contributed by atoms with Gasteiger partial charge in [0, 0.05) is 10.7 Å². The molecule has 7 heteroatoms. The number of furan rings is 1. The molecule has 0 saturated heterocycles. The number of carbonyl (C=O) groups is 2. The van der Waals surface area contributed by atoms with Gasteiger partial charge in [0.15, 0.2) is 5.76 Å². The largest absolute Gasteiger partial charge is 0.495 e. The Hall–Kier alpha value is -3.25. The first-order valence-corrected chi connectivity index (χ1v) is 8.50. The average molecular weight is 385 g/mol. The van der Waals surface area contributed by atoms with Gasteiger partial charge < -0.3 is 19.8 Å². The summed E-state index contributed by atoms with van der Waals surface area (Å²) in [4.78, 5) is 24.5. The van der Waals surface area contributed by atoms with Crippen molar-refractivity contribution in [3.05, 3.63) is 77.2 Å². The molecule has 2 N–H and O–H groups in total. The minimum Gasteiger partial charge on any atom is -0.495 e. The fourth-order valence-corrected chi connectivity index (χ4v) is 2.59. The van der Waals surface area contributed by atoms with E-state index in [1.54, 1.807) is 54.6 Å². The van der Waals surface area contributed by atoms with Gasteiger partial charge in [-0.15, -0.1) is 0 Å². The molecule has 6 nitrogen and oxygen atoms in total. The molecular weight excluding hydrogens is 368 g/mol. The first-order chi connectivity index (χ1) is 13.0. The Balaban J connectivity index is 1.72. The maximum absolute atomic E-state index is 12.4. The summed E-state index contributed by atoms with van der Waals surface area (Å²) >= 11 is 5.86. The van der Waals surface area contributed by atoms with Crippen LogP contribution in [0.2, 0.25) is 5.02 Å². The zero-order chi connectivity index (χ0) is 19.2. The summed E-state index contributed by atoms with van der Waals surface area (Å²) in [6.07, 6.45) is 1.61. The summed E-state index contributed by atoms with van der Waals surface area (Å²) < 4.78 is 10.3. The molecule has 1 heterocycles. The smallest absolute Gasteiger partial charge is 0.291 e. The van der Waals surface area contributed by atoms with Crippen molar-refractivity contribution in [2.75, 3.05) is 17.7 Å². The third-order valence-corrected chi connectivity index (χ3v) is 4.01. The summed E-state index contributed by atoms with van der Waals surface area (Å²) in [5, 5.41) is 6.12. The molecule has 0 aliphatic carbocycles. The SMILES string of the molecule is COc1ccc(NC(=O)c2ccco2)cc1NC(=O)Cc1ccc(Cl)cc1. The van der Waals surface area contributed by atoms with Crippen molar-refractivity contribution in [1.82, 2.24) is 0 Å². The van der Waals surface area contributed by atoms with E-state index in [1.807, 2.05) is 0 Å². The summed E-state index contributed by atoms with van der Waals surface area (Å²) in [5.74, 6) is 0.0725. The molecule has 0 aliphatic heterocycles. The highest BCUT2D eigenvalue weighted by molar-refractivity contribution is 6.30. The highest BCUT2D eigenvalue weighted by Gasteiger charge is 2.13. The van der Waals surface area contributed by atoms with E-state index in [2.05, 4.69) is 10.6 Å². The number of hydrogen-bond acceptors (Lipinski definition) is 4. The van der Waals surface area contributed by atoms with Gasteiger partial charge in [-0.05, 0) is 48.0 Å². The lowest BCUT2D eigenvalue weighted by Gasteiger charge is -2.12. The topological polar surface area (TPSA) is 80.6 Å². The maximum Gasteiger partial charge on any atom is 0.291 e. The van der Waals surface area contributed by atoms with E-state index in [1.165, 1.54) is 13.4 Å². The zero-order valence-electron chi connectivity index (χ0n) is 14.5. The molecule has 138 valence electrons. The van der Waals surface area contributed by atoms with Crippen molar-refractivity contribution in [3.8, 4) is 5.75 Å². The lowest BCUT2D eigenvalue weighted by molar-refractivity contribution is -0.115. The second kappa shape index (κ2) is 8.42. The average Bonchev–Trinajstić information content (AvgIpc) is 3.19. The number of anilines is 2. The van der Waals surface area contributed by atoms with Crippen LogP contribution in [0, 0.1) is 0 Å². The molecular formula is C20H17ClN2O4. The standard InChI is InChI=1S/C20H17ClN2O4/c1-26-17-9-8-15(22-20(25)18-3-2-10-27-18)12-16(17)23-19(24)11-13-4-6-14(21)7-5-13/h2-10,12H,11H2,1H3,(H,22,25)(H,23,24). The van der Waals surface area contributed by atoms with Crippen LogP contribution in [0.1, 0.15) is 16.1 Å². The Morgan fingerprint density at radius 2 is 1.85 bits per heavy atom. The summed E-state index contributed by atoms with van der Waals surface area (Å²) in [6.45, 7) is 0. The van der Waals surface area contributed by atoms with E-state index < -0.39 is 0 Å². The van der Waals surface area contributed by atoms with Gasteiger partial charge in [0.25, 0.3) is 5.91 Å². The van der Waals surface area contributed by atoms with Crippen LogP contribution >= 0.6 is 11.6 Å². The Bertz CT molecular complexity index is 937. The van der Waals surface area contributed by atoms with Crippen molar-refractivity contribution in [1.29, 1.82) is 0 Å². The third-order valence-electron chi connectivity index (χ3n) is 3.75. The second-order valence-electron chi connectivity index (χ2n) is 5.70. The van der Waals surface area contributed by atoms with Crippen LogP contribution in [0.25, 0.3) is 0 Å². The monoisotopic (exact) mass is 384 g/mol. The van der Waals surface area contributed by atoms with Gasteiger partial charge in [0.1, 0.15) is 5.75 Å². The van der Waals surface area contributed by atoms with Crippen LogP contribution in [0.3, 0.4) is 0 Å². The van der Waals surface area contributed by atoms with E-state index >= 15 is 0 Å². The number of carbonyl (C=O) groups excluding carboxylic acids is 2. The van der Waals surface area contributed by atoms with Gasteiger partial charge in [-0.1, -0.05) is 23.7 Å². The Morgan fingerprint density at radius 3 is 2.52 bits per heavy atom. The Labute approximate surface area is 161 Å². The van der Waals surface area contributed by atoms with Crippen molar-refractivity contribution in [2.45, 2.75) is 6.42 Å². The maximum atomic E-state index is 12.4. The second-order valence-corrected chi connectivity index (χ2v) is 6.13. The van der Waals surface area contributed by atoms with Crippen molar-refractivity contribution in [3.63, 3.8) is 0 Å². The molecule has 2 amide bonds. The quantitative estimate of drug-likeness (QED) is 0.661. The molecule has 0 spiro atoms. The van der Waals surface area contributed by atoms with Gasteiger partial charge in [-0.2, -0.15) is 0 Å². The third kappa shape index (κ3) is 4.89. The zero-order valence-corrected chi connectivity index (χ0v) is 15.2. The molecule has 27 heavy (non-hydrogen) atoms. The number of benzene rings is 2. The molecule has 0 radical (unpaired) electrons. The van der Waals surface area contributed by atoms with E-state index in [0.717, 1.165) is 5.56 Å². The minimum atomic E-state index is -0.386. The highest BCUT2D eigenvalue weighted by Crippen LogP contribution is 2.28. The lowest BCUT2D eigenvalue weighted by atomic mass is 10.1. The van der Waals surface area contributed by atoms with Gasteiger partial charge in [0.05, 0.1) is 25.5 Å². The predicted molar refractivity (Wildman–Crippen MR) is 103 cm³/mol. The van der Waals surface area contributed by atoms with E-state index in [4.69, 9.17) is 20.8 Å². The summed E-state index contributed by atoms with van der Waals surface area (Å²) in [7, 11) is 1.51. The molecule has 2 aromatic carbocycles. The first-order valence-electron chi connectivity index (χ1n) is 8.12. The summed E-state index contributed by atoms with van der Waals surface area (Å²) in [5.41, 5.74) is 1.78. The fourth-order valence-electron chi connectivity index (χ4n) is 2.47. The highest BCUT2D eigenvalue weighted by atomic mass is 35.5. The number of ether oxygens (including phenoxy) is 1. The molecule has 3 aromatic rings. The molecule has 0 saturated carbocycles. The van der Waals surface area contributed by atoms with E-state index in [0.29, 0.717) is 22.1 Å².